The van der Waals surface area contributed by atoms with Crippen LogP contribution in [0.4, 0.5) is 8.78 Å². The average molecular weight is 224 g/mol. The number of aromatic hydroxyl groups is 1. The molecule has 0 saturated heterocycles. The summed E-state index contributed by atoms with van der Waals surface area (Å²) in [5.41, 5.74) is 4.74. The number of aliphatic hydroxyl groups excluding tert-OH is 1. The minimum Gasteiger partial charge on any atom is -0.505 e. The molecule has 0 aliphatic heterocycles. The third kappa shape index (κ3) is 1.79. The van der Waals surface area contributed by atoms with Gasteiger partial charge in [0.15, 0.2) is 17.4 Å². The molecule has 1 aromatic rings. The maximum absolute atomic E-state index is 13.2. The Hall–Kier alpha value is -0.910. The van der Waals surface area contributed by atoms with Crippen molar-refractivity contribution in [1.29, 1.82) is 0 Å². The van der Waals surface area contributed by atoms with Crippen molar-refractivity contribution in [3.8, 4) is 5.75 Å². The Bertz CT molecular complexity index is 333. The summed E-state index contributed by atoms with van der Waals surface area (Å²) in [5, 5.41) is 17.3. The van der Waals surface area contributed by atoms with E-state index in [4.69, 9.17) is 27.5 Å². The topological polar surface area (TPSA) is 66.5 Å². The standard InChI is InChI=1S/C8H8ClF2NO2/c9-3-1-4(10)8(14)6(7(3)11)5(12)2-13/h1,5,13-14H,2,12H2. The van der Waals surface area contributed by atoms with Gasteiger partial charge in [-0.1, -0.05) is 11.6 Å². The zero-order chi connectivity index (χ0) is 10.9. The van der Waals surface area contributed by atoms with E-state index in [-0.39, 0.29) is 0 Å². The van der Waals surface area contributed by atoms with Crippen molar-refractivity contribution in [2.24, 2.45) is 5.73 Å². The zero-order valence-electron chi connectivity index (χ0n) is 6.97. The van der Waals surface area contributed by atoms with Crippen molar-refractivity contribution in [1.82, 2.24) is 0 Å². The summed E-state index contributed by atoms with van der Waals surface area (Å²) in [5.74, 6) is -3.02. The van der Waals surface area contributed by atoms with E-state index in [0.29, 0.717) is 6.07 Å². The second-order valence-corrected chi connectivity index (χ2v) is 3.11. The van der Waals surface area contributed by atoms with Gasteiger partial charge < -0.3 is 15.9 Å². The Morgan fingerprint density at radius 1 is 1.50 bits per heavy atom. The van der Waals surface area contributed by atoms with Crippen LogP contribution in [0, 0.1) is 11.6 Å². The van der Waals surface area contributed by atoms with E-state index in [1.54, 1.807) is 0 Å². The lowest BCUT2D eigenvalue weighted by Crippen LogP contribution is -2.17. The largest absolute Gasteiger partial charge is 0.505 e. The lowest BCUT2D eigenvalue weighted by atomic mass is 10.1. The number of phenolic OH excluding ortho intramolecular Hbond substituents is 1. The molecule has 0 aliphatic carbocycles. The SMILES string of the molecule is NC(CO)c1c(O)c(F)cc(Cl)c1F. The molecule has 3 nitrogen and oxygen atoms in total. The van der Waals surface area contributed by atoms with Crippen molar-refractivity contribution in [2.45, 2.75) is 6.04 Å². The van der Waals surface area contributed by atoms with E-state index in [0.717, 1.165) is 0 Å². The van der Waals surface area contributed by atoms with Crippen LogP contribution in [0.15, 0.2) is 6.07 Å². The van der Waals surface area contributed by atoms with E-state index < -0.39 is 40.6 Å². The molecule has 0 heterocycles. The van der Waals surface area contributed by atoms with Gasteiger partial charge in [-0.25, -0.2) is 8.78 Å². The highest BCUT2D eigenvalue weighted by Crippen LogP contribution is 2.32. The second kappa shape index (κ2) is 4.08. The van der Waals surface area contributed by atoms with Crippen LogP contribution in [0.5, 0.6) is 5.75 Å². The van der Waals surface area contributed by atoms with Crippen LogP contribution >= 0.6 is 11.6 Å². The molecule has 0 fully saturated rings. The molecule has 1 atom stereocenters. The fourth-order valence-electron chi connectivity index (χ4n) is 1.03. The Morgan fingerprint density at radius 3 is 2.57 bits per heavy atom. The lowest BCUT2D eigenvalue weighted by Gasteiger charge is -2.13. The average Bonchev–Trinajstić information content (AvgIpc) is 2.15. The van der Waals surface area contributed by atoms with E-state index in [9.17, 15) is 8.78 Å². The first-order chi connectivity index (χ1) is 6.49. The fourth-order valence-corrected chi connectivity index (χ4v) is 1.23. The normalized spacial score (nSPS) is 12.9. The minimum absolute atomic E-state index is 0.487. The van der Waals surface area contributed by atoms with Crippen molar-refractivity contribution in [2.75, 3.05) is 6.61 Å². The fraction of sp³-hybridized carbons (Fsp3) is 0.250. The Balaban J connectivity index is 3.39. The highest BCUT2D eigenvalue weighted by molar-refractivity contribution is 6.30. The summed E-state index contributed by atoms with van der Waals surface area (Å²) in [6.45, 7) is -0.621. The maximum atomic E-state index is 13.2. The first-order valence-corrected chi connectivity index (χ1v) is 4.09. The Labute approximate surface area is 83.7 Å². The van der Waals surface area contributed by atoms with Crippen LogP contribution in [0.1, 0.15) is 11.6 Å². The smallest absolute Gasteiger partial charge is 0.166 e. The van der Waals surface area contributed by atoms with Gasteiger partial charge in [0, 0.05) is 0 Å². The monoisotopic (exact) mass is 223 g/mol. The van der Waals surface area contributed by atoms with Crippen molar-refractivity contribution in [3.05, 3.63) is 28.3 Å². The van der Waals surface area contributed by atoms with Crippen molar-refractivity contribution < 1.29 is 19.0 Å². The molecule has 0 aromatic heterocycles. The molecular formula is C8H8ClF2NO2. The molecule has 0 aliphatic rings. The number of hydrogen-bond donors (Lipinski definition) is 3. The van der Waals surface area contributed by atoms with E-state index in [1.807, 2.05) is 0 Å². The van der Waals surface area contributed by atoms with Crippen LogP contribution in [0.2, 0.25) is 5.02 Å². The molecule has 1 rings (SSSR count). The predicted molar refractivity (Wildman–Crippen MR) is 47.0 cm³/mol. The predicted octanol–water partition coefficient (Wildman–Crippen LogP) is 1.32. The van der Waals surface area contributed by atoms with Gasteiger partial charge in [-0.05, 0) is 6.07 Å². The zero-order valence-corrected chi connectivity index (χ0v) is 7.72. The molecule has 0 bridgehead atoms. The van der Waals surface area contributed by atoms with Crippen LogP contribution < -0.4 is 5.73 Å². The van der Waals surface area contributed by atoms with Gasteiger partial charge in [-0.3, -0.25) is 0 Å². The van der Waals surface area contributed by atoms with Gasteiger partial charge in [0.25, 0.3) is 0 Å². The molecule has 78 valence electrons. The van der Waals surface area contributed by atoms with E-state index in [1.165, 1.54) is 0 Å². The molecule has 0 spiro atoms. The quantitative estimate of drug-likeness (QED) is 0.663. The number of nitrogens with two attached hydrogens (primary N) is 1. The lowest BCUT2D eigenvalue weighted by molar-refractivity contribution is 0.261. The van der Waals surface area contributed by atoms with Crippen LogP contribution in [0.3, 0.4) is 0 Å². The number of aliphatic hydroxyl groups is 1. The number of halogens is 3. The van der Waals surface area contributed by atoms with Gasteiger partial charge in [-0.2, -0.15) is 0 Å². The molecular weight excluding hydrogens is 216 g/mol. The van der Waals surface area contributed by atoms with Gasteiger partial charge in [0.05, 0.1) is 23.2 Å². The molecule has 1 aromatic carbocycles. The van der Waals surface area contributed by atoms with Crippen molar-refractivity contribution in [3.63, 3.8) is 0 Å². The summed E-state index contributed by atoms with van der Waals surface area (Å²) in [6.07, 6.45) is 0. The first-order valence-electron chi connectivity index (χ1n) is 3.71. The first kappa shape index (κ1) is 11.2. The summed E-state index contributed by atoms with van der Waals surface area (Å²) < 4.78 is 26.1. The summed E-state index contributed by atoms with van der Waals surface area (Å²) in [4.78, 5) is 0. The van der Waals surface area contributed by atoms with Crippen LogP contribution in [0.25, 0.3) is 0 Å². The van der Waals surface area contributed by atoms with Gasteiger partial charge >= 0.3 is 0 Å². The number of phenols is 1. The molecule has 0 radical (unpaired) electrons. The number of rotatable bonds is 2. The highest BCUT2D eigenvalue weighted by Gasteiger charge is 2.21. The Kier molecular flexibility index (Phi) is 3.25. The number of hydrogen-bond acceptors (Lipinski definition) is 3. The molecule has 0 amide bonds. The van der Waals surface area contributed by atoms with Gasteiger partial charge in [-0.15, -0.1) is 0 Å². The summed E-state index contributed by atoms with van der Waals surface area (Å²) in [6, 6.07) is -0.567. The molecule has 14 heavy (non-hydrogen) atoms. The van der Waals surface area contributed by atoms with E-state index >= 15 is 0 Å². The molecule has 1 unspecified atom stereocenters. The number of benzene rings is 1. The van der Waals surface area contributed by atoms with Crippen LogP contribution in [-0.4, -0.2) is 16.8 Å². The van der Waals surface area contributed by atoms with E-state index in [2.05, 4.69) is 0 Å². The van der Waals surface area contributed by atoms with Crippen molar-refractivity contribution >= 4 is 11.6 Å². The highest BCUT2D eigenvalue weighted by atomic mass is 35.5. The van der Waals surface area contributed by atoms with Crippen LogP contribution in [-0.2, 0) is 0 Å². The van der Waals surface area contributed by atoms with Gasteiger partial charge in [0.1, 0.15) is 0 Å². The third-order valence-electron chi connectivity index (χ3n) is 1.75. The molecule has 0 saturated carbocycles. The maximum Gasteiger partial charge on any atom is 0.166 e. The second-order valence-electron chi connectivity index (χ2n) is 2.71. The summed E-state index contributed by atoms with van der Waals surface area (Å²) >= 11 is 5.33. The molecule has 6 heteroatoms. The third-order valence-corrected chi connectivity index (χ3v) is 2.02. The minimum atomic E-state index is -1.21. The van der Waals surface area contributed by atoms with Gasteiger partial charge in [0.2, 0.25) is 0 Å². The molecule has 4 N–H and O–H groups in total. The summed E-state index contributed by atoms with van der Waals surface area (Å²) in [7, 11) is 0. The Morgan fingerprint density at radius 2 is 2.07 bits per heavy atom.